The van der Waals surface area contributed by atoms with E-state index in [1.807, 2.05) is 32.0 Å². The maximum Gasteiger partial charge on any atom is 0.254 e. The van der Waals surface area contributed by atoms with E-state index in [4.69, 9.17) is 0 Å². The van der Waals surface area contributed by atoms with Crippen LogP contribution in [0.2, 0.25) is 0 Å². The van der Waals surface area contributed by atoms with E-state index in [0.29, 0.717) is 18.7 Å². The lowest BCUT2D eigenvalue weighted by atomic mass is 10.1. The van der Waals surface area contributed by atoms with Gasteiger partial charge in [0.25, 0.3) is 5.91 Å². The molecule has 1 aromatic carbocycles. The van der Waals surface area contributed by atoms with E-state index in [2.05, 4.69) is 15.9 Å². The van der Waals surface area contributed by atoms with Crippen LogP contribution in [0.5, 0.6) is 0 Å². The van der Waals surface area contributed by atoms with Gasteiger partial charge in [0.2, 0.25) is 0 Å². The van der Waals surface area contributed by atoms with Crippen molar-refractivity contribution in [1.29, 1.82) is 0 Å². The molecule has 0 atom stereocenters. The Labute approximate surface area is 117 Å². The molecule has 0 fully saturated rings. The molecule has 3 nitrogen and oxygen atoms in total. The van der Waals surface area contributed by atoms with Crippen molar-refractivity contribution in [2.75, 3.05) is 13.1 Å². The van der Waals surface area contributed by atoms with Crippen LogP contribution in [-0.4, -0.2) is 34.6 Å². The Morgan fingerprint density at radius 3 is 2.56 bits per heavy atom. The molecule has 0 heterocycles. The average molecular weight is 314 g/mol. The number of hydrogen-bond acceptors (Lipinski definition) is 2. The number of rotatable bonds is 4. The van der Waals surface area contributed by atoms with E-state index in [1.54, 1.807) is 18.7 Å². The van der Waals surface area contributed by atoms with Gasteiger partial charge < -0.3 is 10.0 Å². The third kappa shape index (κ3) is 3.82. The molecule has 0 unspecified atom stereocenters. The first-order valence-corrected chi connectivity index (χ1v) is 6.82. The average Bonchev–Trinajstić information content (AvgIpc) is 2.27. The fourth-order valence-electron chi connectivity index (χ4n) is 1.80. The molecule has 0 spiro atoms. The molecule has 1 aromatic rings. The number of carbonyl (C=O) groups is 1. The molecular formula is C14H20BrNO2. The van der Waals surface area contributed by atoms with Gasteiger partial charge in [-0.1, -0.05) is 22.0 Å². The second kappa shape index (κ2) is 5.85. The predicted octanol–water partition coefficient (Wildman–Crippen LogP) is 2.99. The number of hydrogen-bond donors (Lipinski definition) is 1. The Morgan fingerprint density at radius 1 is 1.44 bits per heavy atom. The van der Waals surface area contributed by atoms with Crippen LogP contribution in [0.3, 0.4) is 0 Å². The minimum absolute atomic E-state index is 0.0431. The molecule has 0 saturated heterocycles. The largest absolute Gasteiger partial charge is 0.389 e. The van der Waals surface area contributed by atoms with E-state index in [0.717, 1.165) is 10.0 Å². The second-order valence-electron chi connectivity index (χ2n) is 5.04. The summed E-state index contributed by atoms with van der Waals surface area (Å²) in [5.41, 5.74) is 0.721. The van der Waals surface area contributed by atoms with Gasteiger partial charge in [0, 0.05) is 23.1 Å². The third-order valence-corrected chi connectivity index (χ3v) is 3.60. The lowest BCUT2D eigenvalue weighted by Gasteiger charge is -2.28. The maximum atomic E-state index is 12.4. The van der Waals surface area contributed by atoms with Crippen molar-refractivity contribution in [3.05, 3.63) is 33.8 Å². The SMILES string of the molecule is CCN(CC(C)(C)O)C(=O)c1cccc(Br)c1C. The molecule has 1 N–H and O–H groups in total. The lowest BCUT2D eigenvalue weighted by molar-refractivity contribution is 0.0314. The van der Waals surface area contributed by atoms with Crippen LogP contribution >= 0.6 is 15.9 Å². The summed E-state index contributed by atoms with van der Waals surface area (Å²) in [4.78, 5) is 14.1. The number of carbonyl (C=O) groups excluding carboxylic acids is 1. The highest BCUT2D eigenvalue weighted by molar-refractivity contribution is 9.10. The summed E-state index contributed by atoms with van der Waals surface area (Å²) in [6.07, 6.45) is 0. The molecule has 0 aliphatic rings. The van der Waals surface area contributed by atoms with Crippen molar-refractivity contribution in [1.82, 2.24) is 4.90 Å². The van der Waals surface area contributed by atoms with Crippen LogP contribution in [0, 0.1) is 6.92 Å². The Hall–Kier alpha value is -0.870. The van der Waals surface area contributed by atoms with Gasteiger partial charge in [-0.05, 0) is 45.4 Å². The van der Waals surface area contributed by atoms with E-state index in [-0.39, 0.29) is 5.91 Å². The molecular weight excluding hydrogens is 294 g/mol. The molecule has 1 rings (SSSR count). The summed E-state index contributed by atoms with van der Waals surface area (Å²) in [6.45, 7) is 8.14. The first kappa shape index (κ1) is 15.2. The number of aliphatic hydroxyl groups is 1. The van der Waals surface area contributed by atoms with Crippen LogP contribution < -0.4 is 0 Å². The minimum atomic E-state index is -0.883. The van der Waals surface area contributed by atoms with E-state index in [9.17, 15) is 9.90 Å². The summed E-state index contributed by atoms with van der Waals surface area (Å²) < 4.78 is 0.924. The van der Waals surface area contributed by atoms with Crippen LogP contribution in [0.15, 0.2) is 22.7 Å². The van der Waals surface area contributed by atoms with Crippen LogP contribution in [-0.2, 0) is 0 Å². The lowest BCUT2D eigenvalue weighted by Crippen LogP contribution is -2.42. The molecule has 0 aliphatic carbocycles. The summed E-state index contributed by atoms with van der Waals surface area (Å²) in [7, 11) is 0. The van der Waals surface area contributed by atoms with E-state index < -0.39 is 5.60 Å². The summed E-state index contributed by atoms with van der Waals surface area (Å²) in [6, 6.07) is 5.58. The monoisotopic (exact) mass is 313 g/mol. The first-order chi connectivity index (χ1) is 8.26. The van der Waals surface area contributed by atoms with Crippen LogP contribution in [0.1, 0.15) is 36.7 Å². The molecule has 100 valence electrons. The molecule has 4 heteroatoms. The zero-order chi connectivity index (χ0) is 13.9. The zero-order valence-corrected chi connectivity index (χ0v) is 12.9. The molecule has 0 radical (unpaired) electrons. The predicted molar refractivity (Wildman–Crippen MR) is 76.8 cm³/mol. The van der Waals surface area contributed by atoms with Crippen molar-refractivity contribution < 1.29 is 9.90 Å². The van der Waals surface area contributed by atoms with Crippen LogP contribution in [0.4, 0.5) is 0 Å². The van der Waals surface area contributed by atoms with Gasteiger partial charge in [0.1, 0.15) is 0 Å². The summed E-state index contributed by atoms with van der Waals surface area (Å²) in [5.74, 6) is -0.0431. The molecule has 0 aromatic heterocycles. The van der Waals surface area contributed by atoms with Gasteiger partial charge in [-0.2, -0.15) is 0 Å². The second-order valence-corrected chi connectivity index (χ2v) is 5.90. The maximum absolute atomic E-state index is 12.4. The Morgan fingerprint density at radius 2 is 2.06 bits per heavy atom. The van der Waals surface area contributed by atoms with Crippen LogP contribution in [0.25, 0.3) is 0 Å². The highest BCUT2D eigenvalue weighted by Crippen LogP contribution is 2.21. The van der Waals surface area contributed by atoms with Gasteiger partial charge in [-0.25, -0.2) is 0 Å². The molecule has 0 bridgehead atoms. The van der Waals surface area contributed by atoms with Gasteiger partial charge in [-0.15, -0.1) is 0 Å². The zero-order valence-electron chi connectivity index (χ0n) is 11.3. The fraction of sp³-hybridized carbons (Fsp3) is 0.500. The topological polar surface area (TPSA) is 40.5 Å². The van der Waals surface area contributed by atoms with E-state index in [1.165, 1.54) is 0 Å². The number of likely N-dealkylation sites (N-methyl/N-ethyl adjacent to an activating group) is 1. The third-order valence-electron chi connectivity index (χ3n) is 2.74. The number of halogens is 1. The molecule has 18 heavy (non-hydrogen) atoms. The Bertz CT molecular complexity index is 438. The van der Waals surface area contributed by atoms with Gasteiger partial charge in [0.05, 0.1) is 5.60 Å². The normalized spacial score (nSPS) is 11.4. The summed E-state index contributed by atoms with van der Waals surface area (Å²) in [5, 5.41) is 9.84. The van der Waals surface area contributed by atoms with Gasteiger partial charge in [0.15, 0.2) is 0 Å². The smallest absolute Gasteiger partial charge is 0.254 e. The van der Waals surface area contributed by atoms with Crippen molar-refractivity contribution in [2.24, 2.45) is 0 Å². The molecule has 1 amide bonds. The van der Waals surface area contributed by atoms with Gasteiger partial charge in [-0.3, -0.25) is 4.79 Å². The quantitative estimate of drug-likeness (QED) is 0.928. The summed E-state index contributed by atoms with van der Waals surface area (Å²) >= 11 is 3.43. The highest BCUT2D eigenvalue weighted by Gasteiger charge is 2.23. The van der Waals surface area contributed by atoms with Gasteiger partial charge >= 0.3 is 0 Å². The number of benzene rings is 1. The number of nitrogens with zero attached hydrogens (tertiary/aromatic N) is 1. The standard InChI is InChI=1S/C14H20BrNO2/c1-5-16(9-14(3,4)18)13(17)11-7-6-8-12(15)10(11)2/h6-8,18H,5,9H2,1-4H3. The number of amides is 1. The highest BCUT2D eigenvalue weighted by atomic mass is 79.9. The Balaban J connectivity index is 3.01. The molecule has 0 aliphatic heterocycles. The van der Waals surface area contributed by atoms with E-state index >= 15 is 0 Å². The van der Waals surface area contributed by atoms with Crippen molar-refractivity contribution in [3.8, 4) is 0 Å². The van der Waals surface area contributed by atoms with Crippen molar-refractivity contribution in [2.45, 2.75) is 33.3 Å². The first-order valence-electron chi connectivity index (χ1n) is 6.03. The molecule has 0 saturated carbocycles. The Kier molecular flexibility index (Phi) is 4.93. The fourth-order valence-corrected chi connectivity index (χ4v) is 2.17. The van der Waals surface area contributed by atoms with Crippen molar-refractivity contribution in [3.63, 3.8) is 0 Å². The van der Waals surface area contributed by atoms with Crippen molar-refractivity contribution >= 4 is 21.8 Å². The minimum Gasteiger partial charge on any atom is -0.389 e.